The number of carbonyl (C=O) groups is 1. The Balaban J connectivity index is 1.76. The van der Waals surface area contributed by atoms with Crippen LogP contribution >= 0.6 is 0 Å². The Morgan fingerprint density at radius 2 is 1.96 bits per heavy atom. The lowest BCUT2D eigenvalue weighted by atomic mass is 10.2. The first-order chi connectivity index (χ1) is 12.5. The van der Waals surface area contributed by atoms with Crippen LogP contribution in [0.2, 0.25) is 0 Å². The number of hydrogen-bond acceptors (Lipinski definition) is 4. The van der Waals surface area contributed by atoms with Crippen molar-refractivity contribution in [3.63, 3.8) is 0 Å². The fourth-order valence-electron chi connectivity index (χ4n) is 2.53. The monoisotopic (exact) mass is 356 g/mol. The Kier molecular flexibility index (Phi) is 7.48. The van der Waals surface area contributed by atoms with Crippen LogP contribution in [0, 0.1) is 6.92 Å². The molecule has 0 heterocycles. The summed E-state index contributed by atoms with van der Waals surface area (Å²) >= 11 is 0. The van der Waals surface area contributed by atoms with E-state index in [0.717, 1.165) is 22.6 Å². The second-order valence-corrected chi connectivity index (χ2v) is 6.34. The maximum absolute atomic E-state index is 12.4. The van der Waals surface area contributed by atoms with E-state index in [1.165, 1.54) is 0 Å². The van der Waals surface area contributed by atoms with Gasteiger partial charge < -0.3 is 14.8 Å². The molecule has 2 rings (SSSR count). The summed E-state index contributed by atoms with van der Waals surface area (Å²) in [4.78, 5) is 14.4. The largest absolute Gasteiger partial charge is 0.497 e. The van der Waals surface area contributed by atoms with Crippen LogP contribution in [0.25, 0.3) is 0 Å². The molecule has 0 aliphatic rings. The Morgan fingerprint density at radius 1 is 1.19 bits per heavy atom. The molecule has 1 atom stereocenters. The first-order valence-corrected chi connectivity index (χ1v) is 8.80. The van der Waals surface area contributed by atoms with Gasteiger partial charge in [0.05, 0.1) is 13.2 Å². The molecule has 0 aromatic heterocycles. The summed E-state index contributed by atoms with van der Waals surface area (Å²) in [6, 6.07) is 15.4. The number of benzene rings is 2. The van der Waals surface area contributed by atoms with Gasteiger partial charge in [-0.25, -0.2) is 0 Å². The van der Waals surface area contributed by atoms with Crippen molar-refractivity contribution in [3.05, 3.63) is 59.7 Å². The number of nitrogens with one attached hydrogen (secondary N) is 1. The SMILES string of the molecule is COc1cccc(CNC(=O)C(C)N(C)CCOc2ccccc2C)c1. The highest BCUT2D eigenvalue weighted by atomic mass is 16.5. The molecule has 1 N–H and O–H groups in total. The third-order valence-electron chi connectivity index (χ3n) is 4.44. The fraction of sp³-hybridized carbons (Fsp3) is 0.381. The van der Waals surface area contributed by atoms with Crippen LogP contribution in [0.3, 0.4) is 0 Å². The molecule has 0 aliphatic heterocycles. The van der Waals surface area contributed by atoms with Crippen molar-refractivity contribution in [1.82, 2.24) is 10.2 Å². The number of rotatable bonds is 9. The number of methoxy groups -OCH3 is 1. The van der Waals surface area contributed by atoms with Gasteiger partial charge in [0.1, 0.15) is 18.1 Å². The highest BCUT2D eigenvalue weighted by Crippen LogP contribution is 2.16. The number of aryl methyl sites for hydroxylation is 1. The molecule has 1 unspecified atom stereocenters. The summed E-state index contributed by atoms with van der Waals surface area (Å²) in [6.45, 7) is 5.60. The van der Waals surface area contributed by atoms with Crippen LogP contribution in [0.4, 0.5) is 0 Å². The molecule has 26 heavy (non-hydrogen) atoms. The number of likely N-dealkylation sites (N-methyl/N-ethyl adjacent to an activating group) is 1. The normalized spacial score (nSPS) is 11.9. The van der Waals surface area contributed by atoms with E-state index in [1.54, 1.807) is 7.11 Å². The summed E-state index contributed by atoms with van der Waals surface area (Å²) in [5, 5.41) is 2.97. The minimum absolute atomic E-state index is 0.00814. The summed E-state index contributed by atoms with van der Waals surface area (Å²) in [7, 11) is 3.56. The number of para-hydroxylation sites is 1. The average molecular weight is 356 g/mol. The lowest BCUT2D eigenvalue weighted by molar-refractivity contribution is -0.125. The number of amides is 1. The Bertz CT molecular complexity index is 718. The summed E-state index contributed by atoms with van der Waals surface area (Å²) in [6.07, 6.45) is 0. The van der Waals surface area contributed by atoms with Crippen LogP contribution in [-0.4, -0.2) is 44.2 Å². The van der Waals surface area contributed by atoms with Crippen LogP contribution in [0.5, 0.6) is 11.5 Å². The quantitative estimate of drug-likeness (QED) is 0.750. The van der Waals surface area contributed by atoms with Crippen molar-refractivity contribution in [2.45, 2.75) is 26.4 Å². The van der Waals surface area contributed by atoms with Crippen molar-refractivity contribution in [2.75, 3.05) is 27.3 Å². The summed E-state index contributed by atoms with van der Waals surface area (Å²) in [5.41, 5.74) is 2.12. The molecule has 5 nitrogen and oxygen atoms in total. The molecular weight excluding hydrogens is 328 g/mol. The predicted molar refractivity (Wildman–Crippen MR) is 104 cm³/mol. The minimum atomic E-state index is -0.235. The second kappa shape index (κ2) is 9.82. The number of hydrogen-bond donors (Lipinski definition) is 1. The Morgan fingerprint density at radius 3 is 2.69 bits per heavy atom. The molecule has 0 spiro atoms. The molecule has 0 radical (unpaired) electrons. The topological polar surface area (TPSA) is 50.8 Å². The van der Waals surface area contributed by atoms with Crippen LogP contribution in [-0.2, 0) is 11.3 Å². The summed E-state index contributed by atoms with van der Waals surface area (Å²) < 4.78 is 11.0. The number of nitrogens with zero attached hydrogens (tertiary/aromatic N) is 1. The van der Waals surface area contributed by atoms with Crippen molar-refractivity contribution in [1.29, 1.82) is 0 Å². The van der Waals surface area contributed by atoms with Crippen molar-refractivity contribution in [2.24, 2.45) is 0 Å². The van der Waals surface area contributed by atoms with E-state index in [2.05, 4.69) is 5.32 Å². The lowest BCUT2D eigenvalue weighted by Crippen LogP contribution is -2.44. The molecule has 1 amide bonds. The molecule has 0 aliphatic carbocycles. The third-order valence-corrected chi connectivity index (χ3v) is 4.44. The smallest absolute Gasteiger partial charge is 0.237 e. The van der Waals surface area contributed by atoms with Gasteiger partial charge in [0, 0.05) is 13.1 Å². The molecule has 140 valence electrons. The van der Waals surface area contributed by atoms with Crippen molar-refractivity contribution in [3.8, 4) is 11.5 Å². The first kappa shape index (κ1) is 19.8. The van der Waals surface area contributed by atoms with Gasteiger partial charge in [-0.2, -0.15) is 0 Å². The van der Waals surface area contributed by atoms with Crippen molar-refractivity contribution >= 4 is 5.91 Å². The molecule has 0 fully saturated rings. The van der Waals surface area contributed by atoms with Gasteiger partial charge in [0.25, 0.3) is 0 Å². The molecule has 0 saturated heterocycles. The Hall–Kier alpha value is -2.53. The first-order valence-electron chi connectivity index (χ1n) is 8.80. The zero-order chi connectivity index (χ0) is 18.9. The van der Waals surface area contributed by atoms with E-state index in [4.69, 9.17) is 9.47 Å². The lowest BCUT2D eigenvalue weighted by Gasteiger charge is -2.24. The van der Waals surface area contributed by atoms with E-state index in [0.29, 0.717) is 19.7 Å². The van der Waals surface area contributed by atoms with Gasteiger partial charge >= 0.3 is 0 Å². The minimum Gasteiger partial charge on any atom is -0.497 e. The second-order valence-electron chi connectivity index (χ2n) is 6.34. The molecule has 2 aromatic carbocycles. The van der Waals surface area contributed by atoms with Gasteiger partial charge in [-0.15, -0.1) is 0 Å². The standard InChI is InChI=1S/C21H28N2O3/c1-16-8-5-6-11-20(16)26-13-12-23(3)17(2)21(24)22-15-18-9-7-10-19(14-18)25-4/h5-11,14,17H,12-13,15H2,1-4H3,(H,22,24). The van der Waals surface area contributed by atoms with Crippen LogP contribution < -0.4 is 14.8 Å². The zero-order valence-corrected chi connectivity index (χ0v) is 16.0. The maximum Gasteiger partial charge on any atom is 0.237 e. The van der Waals surface area contributed by atoms with E-state index < -0.39 is 0 Å². The number of ether oxygens (including phenoxy) is 2. The Labute approximate surface area is 155 Å². The molecule has 5 heteroatoms. The molecule has 2 aromatic rings. The highest BCUT2D eigenvalue weighted by molar-refractivity contribution is 5.81. The van der Waals surface area contributed by atoms with E-state index in [-0.39, 0.29) is 11.9 Å². The number of carbonyl (C=O) groups excluding carboxylic acids is 1. The van der Waals surface area contributed by atoms with Gasteiger partial charge in [-0.1, -0.05) is 30.3 Å². The van der Waals surface area contributed by atoms with E-state index in [9.17, 15) is 4.79 Å². The van der Waals surface area contributed by atoms with Gasteiger partial charge in [0.2, 0.25) is 5.91 Å². The molecular formula is C21H28N2O3. The fourth-order valence-corrected chi connectivity index (χ4v) is 2.53. The van der Waals surface area contributed by atoms with Crippen molar-refractivity contribution < 1.29 is 14.3 Å². The van der Waals surface area contributed by atoms with Gasteiger partial charge in [0.15, 0.2) is 0 Å². The van der Waals surface area contributed by atoms with Crippen LogP contribution in [0.1, 0.15) is 18.1 Å². The highest BCUT2D eigenvalue weighted by Gasteiger charge is 2.17. The molecule has 0 bridgehead atoms. The van der Waals surface area contributed by atoms with Gasteiger partial charge in [-0.3, -0.25) is 9.69 Å². The van der Waals surface area contributed by atoms with E-state index >= 15 is 0 Å². The zero-order valence-electron chi connectivity index (χ0n) is 16.0. The van der Waals surface area contributed by atoms with E-state index in [1.807, 2.05) is 74.3 Å². The molecule has 0 saturated carbocycles. The average Bonchev–Trinajstić information content (AvgIpc) is 2.67. The van der Waals surface area contributed by atoms with Gasteiger partial charge in [-0.05, 0) is 50.2 Å². The maximum atomic E-state index is 12.4. The summed E-state index contributed by atoms with van der Waals surface area (Å²) in [5.74, 6) is 1.66. The van der Waals surface area contributed by atoms with Crippen LogP contribution in [0.15, 0.2) is 48.5 Å². The third kappa shape index (κ3) is 5.77. The predicted octanol–water partition coefficient (Wildman–Crippen LogP) is 3.02.